The zero-order valence-electron chi connectivity index (χ0n) is 25.5. The third-order valence-electron chi connectivity index (χ3n) is 6.03. The molecule has 17 nitrogen and oxygen atoms in total. The molecule has 1 aromatic carbocycles. The van der Waals surface area contributed by atoms with E-state index >= 15 is 0 Å². The smallest absolute Gasteiger partial charge is 0.410 e. The molecule has 0 aromatic heterocycles. The Morgan fingerprint density at radius 1 is 0.956 bits per heavy atom. The number of aliphatic carboxylic acids is 1. The van der Waals surface area contributed by atoms with Crippen LogP contribution >= 0.6 is 0 Å². The van der Waals surface area contributed by atoms with Crippen LogP contribution in [-0.2, 0) is 49.5 Å². The third kappa shape index (κ3) is 17.6. The average molecular weight is 643 g/mol. The minimum Gasteiger partial charge on any atom is -0.480 e. The molecule has 0 aliphatic rings. The molecule has 0 saturated heterocycles. The maximum atomic E-state index is 12.5. The molecule has 0 fully saturated rings. The number of anilines is 1. The van der Waals surface area contributed by atoms with Gasteiger partial charge < -0.3 is 44.2 Å². The van der Waals surface area contributed by atoms with Gasteiger partial charge >= 0.3 is 12.1 Å². The largest absolute Gasteiger partial charge is 0.480 e. The van der Waals surface area contributed by atoms with Gasteiger partial charge in [-0.1, -0.05) is 0 Å². The van der Waals surface area contributed by atoms with E-state index in [0.717, 1.165) is 17.3 Å². The van der Waals surface area contributed by atoms with Crippen molar-refractivity contribution in [1.82, 2.24) is 10.2 Å². The Morgan fingerprint density at radius 3 is 2.11 bits per heavy atom. The number of carbonyl (C=O) groups is 5. The number of rotatable bonds is 25. The van der Waals surface area contributed by atoms with Crippen LogP contribution in [0.5, 0.6) is 0 Å². The standard InChI is InChI=1S/C28H42N4O13/c1-21(27(36)37)31(2)28(38)45-20-22-7-8-23(32(39)40)19-24(22)30-26(35)6-3-5-25(34)29-9-12-42-14-16-44-18-17-43-15-13-41-11-4-10-33/h7-8,10,19,21H,3-6,9,11-18,20H2,1-2H3,(H,29,34)(H,30,35)(H,36,37)/t21-/m0/s1. The van der Waals surface area contributed by atoms with Gasteiger partial charge in [-0.3, -0.25) is 24.6 Å². The zero-order valence-corrected chi connectivity index (χ0v) is 25.5. The molecular weight excluding hydrogens is 600 g/mol. The summed E-state index contributed by atoms with van der Waals surface area (Å²) >= 11 is 0. The Labute approximate surface area is 260 Å². The number of carboxylic acid groups (broad SMARTS) is 1. The van der Waals surface area contributed by atoms with Crippen molar-refractivity contribution in [1.29, 1.82) is 0 Å². The fourth-order valence-electron chi connectivity index (χ4n) is 3.35. The molecule has 0 spiro atoms. The number of aldehydes is 1. The zero-order chi connectivity index (χ0) is 33.5. The highest BCUT2D eigenvalue weighted by Crippen LogP contribution is 2.24. The van der Waals surface area contributed by atoms with Gasteiger partial charge in [0.25, 0.3) is 5.69 Å². The molecule has 0 aliphatic carbocycles. The van der Waals surface area contributed by atoms with E-state index in [1.807, 2.05) is 0 Å². The molecule has 17 heteroatoms. The number of amides is 3. The Hall–Kier alpha value is -4.19. The maximum absolute atomic E-state index is 12.5. The Balaban J connectivity index is 2.28. The minimum atomic E-state index is -1.23. The molecule has 45 heavy (non-hydrogen) atoms. The number of nitrogens with one attached hydrogen (secondary N) is 2. The number of nitrogens with zero attached hydrogens (tertiary/aromatic N) is 2. The number of hydrogen-bond acceptors (Lipinski definition) is 12. The van der Waals surface area contributed by atoms with Crippen LogP contribution in [-0.4, -0.2) is 118 Å². The van der Waals surface area contributed by atoms with Crippen molar-refractivity contribution < 1.29 is 57.7 Å². The van der Waals surface area contributed by atoms with E-state index in [9.17, 15) is 34.1 Å². The molecule has 0 saturated carbocycles. The van der Waals surface area contributed by atoms with Crippen LogP contribution in [0.4, 0.5) is 16.2 Å². The summed E-state index contributed by atoms with van der Waals surface area (Å²) in [6.45, 7) is 4.16. The Morgan fingerprint density at radius 2 is 1.53 bits per heavy atom. The summed E-state index contributed by atoms with van der Waals surface area (Å²) < 4.78 is 26.3. The van der Waals surface area contributed by atoms with Crippen LogP contribution in [0, 0.1) is 10.1 Å². The van der Waals surface area contributed by atoms with Crippen molar-refractivity contribution >= 4 is 41.5 Å². The highest BCUT2D eigenvalue weighted by molar-refractivity contribution is 5.92. The van der Waals surface area contributed by atoms with Gasteiger partial charge in [-0.2, -0.15) is 0 Å². The molecule has 0 aliphatic heterocycles. The van der Waals surface area contributed by atoms with E-state index in [1.165, 1.54) is 26.1 Å². The lowest BCUT2D eigenvalue weighted by Gasteiger charge is -2.21. The molecule has 1 atom stereocenters. The van der Waals surface area contributed by atoms with Gasteiger partial charge in [0.1, 0.15) is 18.9 Å². The van der Waals surface area contributed by atoms with Crippen molar-refractivity contribution in [2.45, 2.75) is 45.3 Å². The van der Waals surface area contributed by atoms with Crippen molar-refractivity contribution in [2.75, 3.05) is 71.8 Å². The fourth-order valence-corrected chi connectivity index (χ4v) is 3.35. The molecule has 252 valence electrons. The summed E-state index contributed by atoms with van der Waals surface area (Å²) in [4.78, 5) is 69.4. The van der Waals surface area contributed by atoms with Crippen LogP contribution in [0.1, 0.15) is 38.2 Å². The van der Waals surface area contributed by atoms with E-state index < -0.39 is 28.9 Å². The van der Waals surface area contributed by atoms with Crippen LogP contribution < -0.4 is 10.6 Å². The quantitative estimate of drug-likeness (QED) is 0.0596. The highest BCUT2D eigenvalue weighted by Gasteiger charge is 2.23. The predicted molar refractivity (Wildman–Crippen MR) is 158 cm³/mol. The normalized spacial score (nSPS) is 11.3. The minimum absolute atomic E-state index is 0.0473. The topological polar surface area (TPSA) is 222 Å². The molecule has 3 N–H and O–H groups in total. The van der Waals surface area contributed by atoms with Gasteiger partial charge in [-0.25, -0.2) is 9.59 Å². The first kappa shape index (κ1) is 38.8. The van der Waals surface area contributed by atoms with E-state index in [1.54, 1.807) is 0 Å². The number of nitro benzene ring substituents is 1. The van der Waals surface area contributed by atoms with Gasteiger partial charge in [0.05, 0.1) is 63.5 Å². The lowest BCUT2D eigenvalue weighted by atomic mass is 10.1. The summed E-state index contributed by atoms with van der Waals surface area (Å²) in [6.07, 6.45) is 0.434. The molecule has 1 aromatic rings. The number of benzene rings is 1. The van der Waals surface area contributed by atoms with Crippen LogP contribution in [0.15, 0.2) is 18.2 Å². The molecule has 0 unspecified atom stereocenters. The lowest BCUT2D eigenvalue weighted by Crippen LogP contribution is -2.40. The first-order valence-corrected chi connectivity index (χ1v) is 14.3. The summed E-state index contributed by atoms with van der Waals surface area (Å²) in [6, 6.07) is 2.47. The number of likely N-dealkylation sites (N-methyl/N-ethyl adjacent to an activating group) is 1. The van der Waals surface area contributed by atoms with Gasteiger partial charge in [-0.05, 0) is 19.4 Å². The van der Waals surface area contributed by atoms with E-state index in [0.29, 0.717) is 52.7 Å². The monoisotopic (exact) mass is 642 g/mol. The van der Waals surface area contributed by atoms with Crippen molar-refractivity contribution in [3.8, 4) is 0 Å². The summed E-state index contributed by atoms with van der Waals surface area (Å²) in [5.41, 5.74) is -0.000696. The summed E-state index contributed by atoms with van der Waals surface area (Å²) in [5.74, 6) is -2.02. The summed E-state index contributed by atoms with van der Waals surface area (Å²) in [7, 11) is 1.25. The number of ether oxygens (including phenoxy) is 5. The van der Waals surface area contributed by atoms with Crippen LogP contribution in [0.3, 0.4) is 0 Å². The first-order chi connectivity index (χ1) is 21.6. The van der Waals surface area contributed by atoms with Gasteiger partial charge in [0, 0.05) is 50.6 Å². The van der Waals surface area contributed by atoms with Crippen molar-refractivity contribution in [3.05, 3.63) is 33.9 Å². The van der Waals surface area contributed by atoms with Crippen molar-refractivity contribution in [2.24, 2.45) is 0 Å². The lowest BCUT2D eigenvalue weighted by molar-refractivity contribution is -0.384. The van der Waals surface area contributed by atoms with E-state index in [-0.39, 0.29) is 61.9 Å². The van der Waals surface area contributed by atoms with E-state index in [2.05, 4.69) is 10.6 Å². The molecule has 0 heterocycles. The fraction of sp³-hybridized carbons (Fsp3) is 0.607. The number of hydrogen-bond donors (Lipinski definition) is 3. The van der Waals surface area contributed by atoms with Crippen LogP contribution in [0.25, 0.3) is 0 Å². The number of nitro groups is 1. The second-order valence-corrected chi connectivity index (χ2v) is 9.43. The number of non-ortho nitro benzene ring substituents is 1. The number of carboxylic acids is 1. The second-order valence-electron chi connectivity index (χ2n) is 9.43. The van der Waals surface area contributed by atoms with Gasteiger partial charge in [0.2, 0.25) is 11.8 Å². The average Bonchev–Trinajstić information content (AvgIpc) is 3.01. The van der Waals surface area contributed by atoms with E-state index in [4.69, 9.17) is 28.8 Å². The third-order valence-corrected chi connectivity index (χ3v) is 6.03. The second kappa shape index (κ2) is 23.2. The molecule has 3 amide bonds. The van der Waals surface area contributed by atoms with Crippen LogP contribution in [0.2, 0.25) is 0 Å². The van der Waals surface area contributed by atoms with Crippen molar-refractivity contribution in [3.63, 3.8) is 0 Å². The summed E-state index contributed by atoms with van der Waals surface area (Å²) in [5, 5.41) is 25.5. The Bertz CT molecular complexity index is 1100. The number of carbonyl (C=O) groups excluding carboxylic acids is 4. The SMILES string of the molecule is C[C@@H](C(=O)O)N(C)C(=O)OCc1ccc([N+](=O)[O-])cc1NC(=O)CCCC(=O)NCCOCCOCCOCCOCCC=O. The molecule has 0 radical (unpaired) electrons. The van der Waals surface area contributed by atoms with Gasteiger partial charge in [-0.15, -0.1) is 0 Å². The first-order valence-electron chi connectivity index (χ1n) is 14.3. The Kier molecular flexibility index (Phi) is 20.0. The molecule has 0 bridgehead atoms. The highest BCUT2D eigenvalue weighted by atomic mass is 16.6. The van der Waals surface area contributed by atoms with Gasteiger partial charge in [0.15, 0.2) is 0 Å². The molecular formula is C28H42N4O13. The maximum Gasteiger partial charge on any atom is 0.410 e. The predicted octanol–water partition coefficient (Wildman–Crippen LogP) is 1.52. The molecule has 1 rings (SSSR count).